The van der Waals surface area contributed by atoms with Gasteiger partial charge < -0.3 is 33.5 Å². The minimum absolute atomic E-state index is 0.0422. The minimum Gasteiger partial charge on any atom is -0.394 e. The summed E-state index contributed by atoms with van der Waals surface area (Å²) in [4.78, 5) is 0. The molecule has 1 unspecified atom stereocenters. The van der Waals surface area contributed by atoms with Gasteiger partial charge in [0.05, 0.1) is 85.4 Å². The van der Waals surface area contributed by atoms with Crippen molar-refractivity contribution in [3.05, 3.63) is 0 Å². The van der Waals surface area contributed by atoms with Crippen molar-refractivity contribution in [2.75, 3.05) is 79.3 Å². The van der Waals surface area contributed by atoms with Crippen molar-refractivity contribution in [1.82, 2.24) is 0 Å². The lowest BCUT2D eigenvalue weighted by molar-refractivity contribution is -0.0285. The third-order valence-electron chi connectivity index (χ3n) is 4.30. The van der Waals surface area contributed by atoms with Gasteiger partial charge in [-0.15, -0.1) is 0 Å². The summed E-state index contributed by atoms with van der Waals surface area (Å²) in [6.45, 7) is 10.4. The number of aliphatic hydroxyl groups is 1. The van der Waals surface area contributed by atoms with Crippen molar-refractivity contribution in [2.24, 2.45) is 0 Å². The molecule has 1 atom stereocenters. The van der Waals surface area contributed by atoms with Crippen LogP contribution in [0.15, 0.2) is 0 Å². The van der Waals surface area contributed by atoms with E-state index in [0.29, 0.717) is 78.8 Å². The van der Waals surface area contributed by atoms with Gasteiger partial charge in [0.1, 0.15) is 0 Å². The maximum atomic E-state index is 8.55. The number of hydrogen-bond donors (Lipinski definition) is 1. The molecule has 1 N–H and O–H groups in total. The summed E-state index contributed by atoms with van der Waals surface area (Å²) in [6, 6.07) is 0. The van der Waals surface area contributed by atoms with Crippen LogP contribution in [0.2, 0.25) is 0 Å². The van der Waals surface area contributed by atoms with E-state index >= 15 is 0 Å². The smallest absolute Gasteiger partial charge is 0.0704 e. The quantitative estimate of drug-likeness (QED) is 0.226. The third-order valence-corrected chi connectivity index (χ3v) is 4.30. The van der Waals surface area contributed by atoms with E-state index in [1.807, 2.05) is 0 Å². The van der Waals surface area contributed by atoms with E-state index in [2.05, 4.69) is 13.8 Å². The maximum Gasteiger partial charge on any atom is 0.0704 e. The molecule has 0 fully saturated rings. The summed E-state index contributed by atoms with van der Waals surface area (Å²) in [7, 11) is 0. The molecule has 0 rings (SSSR count). The van der Waals surface area contributed by atoms with Gasteiger partial charge in [-0.3, -0.25) is 0 Å². The Morgan fingerprint density at radius 2 is 1.00 bits per heavy atom. The van der Waals surface area contributed by atoms with Crippen LogP contribution < -0.4 is 0 Å². The van der Waals surface area contributed by atoms with Crippen molar-refractivity contribution >= 4 is 0 Å². The molecular formula is C22H46O7. The van der Waals surface area contributed by atoms with Gasteiger partial charge >= 0.3 is 0 Å². The molecule has 0 amide bonds. The van der Waals surface area contributed by atoms with Gasteiger partial charge in [-0.1, -0.05) is 46.0 Å². The molecule has 0 spiro atoms. The first-order chi connectivity index (χ1) is 14.3. The van der Waals surface area contributed by atoms with Gasteiger partial charge in [0.25, 0.3) is 0 Å². The molecule has 29 heavy (non-hydrogen) atoms. The van der Waals surface area contributed by atoms with Crippen LogP contribution in [0.4, 0.5) is 0 Å². The largest absolute Gasteiger partial charge is 0.394 e. The molecule has 176 valence electrons. The van der Waals surface area contributed by atoms with E-state index in [0.717, 1.165) is 6.42 Å². The van der Waals surface area contributed by atoms with Crippen LogP contribution in [-0.2, 0) is 28.4 Å². The zero-order chi connectivity index (χ0) is 21.3. The van der Waals surface area contributed by atoms with Gasteiger partial charge in [0.15, 0.2) is 0 Å². The average Bonchev–Trinajstić information content (AvgIpc) is 2.73. The van der Waals surface area contributed by atoms with Gasteiger partial charge in [-0.05, 0) is 12.8 Å². The average molecular weight is 423 g/mol. The molecule has 0 heterocycles. The summed E-state index contributed by atoms with van der Waals surface area (Å²) >= 11 is 0. The molecule has 0 radical (unpaired) electrons. The normalized spacial score (nSPS) is 12.5. The van der Waals surface area contributed by atoms with E-state index in [-0.39, 0.29) is 6.61 Å². The van der Waals surface area contributed by atoms with Crippen LogP contribution in [0, 0.1) is 0 Å². The van der Waals surface area contributed by atoms with E-state index in [4.69, 9.17) is 33.5 Å². The highest BCUT2D eigenvalue weighted by Crippen LogP contribution is 2.12. The van der Waals surface area contributed by atoms with Crippen molar-refractivity contribution in [1.29, 1.82) is 0 Å². The first kappa shape index (κ1) is 28.7. The summed E-state index contributed by atoms with van der Waals surface area (Å²) in [5, 5.41) is 8.55. The van der Waals surface area contributed by atoms with Crippen molar-refractivity contribution in [3.63, 3.8) is 0 Å². The van der Waals surface area contributed by atoms with Crippen molar-refractivity contribution < 1.29 is 33.5 Å². The first-order valence-electron chi connectivity index (χ1n) is 11.5. The van der Waals surface area contributed by atoms with Gasteiger partial charge in [-0.2, -0.15) is 0 Å². The Bertz CT molecular complexity index is 292. The molecule has 0 saturated carbocycles. The highest BCUT2D eigenvalue weighted by molar-refractivity contribution is 4.58. The van der Waals surface area contributed by atoms with E-state index < -0.39 is 0 Å². The number of unbranched alkanes of at least 4 members (excludes halogenated alkanes) is 3. The lowest BCUT2D eigenvalue weighted by Gasteiger charge is -2.17. The molecule has 0 aromatic rings. The second kappa shape index (κ2) is 25.8. The first-order valence-corrected chi connectivity index (χ1v) is 11.5. The number of hydrogen-bond acceptors (Lipinski definition) is 7. The Morgan fingerprint density at radius 1 is 0.517 bits per heavy atom. The second-order valence-corrected chi connectivity index (χ2v) is 6.92. The lowest BCUT2D eigenvalue weighted by Crippen LogP contribution is -2.17. The van der Waals surface area contributed by atoms with Crippen LogP contribution in [-0.4, -0.2) is 90.5 Å². The molecular weight excluding hydrogens is 376 g/mol. The van der Waals surface area contributed by atoms with Crippen LogP contribution in [0.3, 0.4) is 0 Å². The fraction of sp³-hybridized carbons (Fsp3) is 1.00. The molecule has 0 aliphatic rings. The Kier molecular flexibility index (Phi) is 25.5. The van der Waals surface area contributed by atoms with Gasteiger partial charge in [0.2, 0.25) is 0 Å². The molecule has 0 saturated heterocycles. The van der Waals surface area contributed by atoms with Gasteiger partial charge in [-0.25, -0.2) is 0 Å². The number of rotatable bonds is 25. The fourth-order valence-electron chi connectivity index (χ4n) is 2.75. The topological polar surface area (TPSA) is 75.6 Å². The Labute approximate surface area is 178 Å². The van der Waals surface area contributed by atoms with Crippen LogP contribution in [0.5, 0.6) is 0 Å². The number of ether oxygens (including phenoxy) is 6. The Balaban J connectivity index is 3.25. The van der Waals surface area contributed by atoms with Crippen molar-refractivity contribution in [3.8, 4) is 0 Å². The zero-order valence-electron chi connectivity index (χ0n) is 18.9. The maximum absolute atomic E-state index is 8.55. The van der Waals surface area contributed by atoms with E-state index in [1.165, 1.54) is 38.5 Å². The molecule has 0 bridgehead atoms. The van der Waals surface area contributed by atoms with Crippen LogP contribution in [0.1, 0.15) is 58.8 Å². The van der Waals surface area contributed by atoms with E-state index in [9.17, 15) is 0 Å². The van der Waals surface area contributed by atoms with Crippen molar-refractivity contribution in [2.45, 2.75) is 64.9 Å². The highest BCUT2D eigenvalue weighted by atomic mass is 16.6. The summed E-state index contributed by atoms with van der Waals surface area (Å²) in [5.41, 5.74) is 0. The summed E-state index contributed by atoms with van der Waals surface area (Å²) in [5.74, 6) is 0. The van der Waals surface area contributed by atoms with Crippen LogP contribution in [0.25, 0.3) is 0 Å². The SMILES string of the molecule is CCCCCCC(CCC)OCCOCCOCCOCCOCCOCCO. The Hall–Kier alpha value is -0.280. The number of aliphatic hydroxyl groups excluding tert-OH is 1. The summed E-state index contributed by atoms with van der Waals surface area (Å²) in [6.07, 6.45) is 9.02. The van der Waals surface area contributed by atoms with Crippen LogP contribution >= 0.6 is 0 Å². The van der Waals surface area contributed by atoms with Gasteiger partial charge in [0, 0.05) is 0 Å². The second-order valence-electron chi connectivity index (χ2n) is 6.92. The monoisotopic (exact) mass is 422 g/mol. The highest BCUT2D eigenvalue weighted by Gasteiger charge is 2.07. The summed E-state index contributed by atoms with van der Waals surface area (Å²) < 4.78 is 32.8. The minimum atomic E-state index is 0.0422. The molecule has 0 aliphatic heterocycles. The third kappa shape index (κ3) is 23.9. The zero-order valence-corrected chi connectivity index (χ0v) is 18.9. The molecule has 0 aliphatic carbocycles. The lowest BCUT2D eigenvalue weighted by atomic mass is 10.1. The fourth-order valence-corrected chi connectivity index (χ4v) is 2.75. The Morgan fingerprint density at radius 3 is 1.45 bits per heavy atom. The van der Waals surface area contributed by atoms with E-state index in [1.54, 1.807) is 0 Å². The molecule has 0 aromatic carbocycles. The molecule has 7 heteroatoms. The standard InChI is InChI=1S/C22H46O7/c1-3-5-6-7-9-22(8-4-2)29-21-20-28-19-18-27-17-16-26-15-14-25-13-12-24-11-10-23/h22-23H,3-21H2,1-2H3. The molecule has 0 aromatic heterocycles. The predicted octanol–water partition coefficient (Wildman–Crippen LogP) is 3.22. The molecule has 7 nitrogen and oxygen atoms in total. The predicted molar refractivity (Wildman–Crippen MR) is 115 cm³/mol.